The van der Waals surface area contributed by atoms with Crippen LogP contribution < -0.4 is 15.0 Å². The summed E-state index contributed by atoms with van der Waals surface area (Å²) in [7, 11) is 3.02. The van der Waals surface area contributed by atoms with Crippen LogP contribution in [0, 0.1) is 0 Å². The van der Waals surface area contributed by atoms with E-state index in [0.717, 1.165) is 55.7 Å². The van der Waals surface area contributed by atoms with Gasteiger partial charge in [-0.15, -0.1) is 0 Å². The lowest BCUT2D eigenvalue weighted by molar-refractivity contribution is -0.141. The van der Waals surface area contributed by atoms with Crippen molar-refractivity contribution in [2.75, 3.05) is 33.1 Å². The van der Waals surface area contributed by atoms with Gasteiger partial charge in [0, 0.05) is 43.1 Å². The predicted octanol–water partition coefficient (Wildman–Crippen LogP) is 5.27. The third-order valence-corrected chi connectivity index (χ3v) is 7.48. The molecule has 3 aromatic rings. The van der Waals surface area contributed by atoms with Gasteiger partial charge < -0.3 is 18.9 Å². The van der Waals surface area contributed by atoms with Crippen LogP contribution in [0.5, 0.6) is 11.5 Å². The van der Waals surface area contributed by atoms with Crippen LogP contribution in [0.1, 0.15) is 43.4 Å². The highest BCUT2D eigenvalue weighted by atomic mass is 32.2. The van der Waals surface area contributed by atoms with E-state index in [1.165, 1.54) is 37.1 Å². The average Bonchev–Trinajstić information content (AvgIpc) is 2.96. The van der Waals surface area contributed by atoms with Crippen LogP contribution in [0.4, 0.5) is 13.2 Å². The SMILES string of the molecule is COc1ccc(Cn2cc(-c3cc(C(F)(F)F)nc(SCCCC(=O)N4CCCCC4)n3)ccc2=O)cc1OC. The van der Waals surface area contributed by atoms with Crippen molar-refractivity contribution in [3.63, 3.8) is 0 Å². The van der Waals surface area contributed by atoms with E-state index in [0.29, 0.717) is 35.7 Å². The normalized spacial score (nSPS) is 13.8. The summed E-state index contributed by atoms with van der Waals surface area (Å²) in [6.07, 6.45) is 0.776. The van der Waals surface area contributed by atoms with E-state index in [-0.39, 0.29) is 28.9 Å². The number of amides is 1. The first-order valence-electron chi connectivity index (χ1n) is 13.0. The monoisotopic (exact) mass is 576 g/mol. The van der Waals surface area contributed by atoms with Gasteiger partial charge in [-0.1, -0.05) is 17.8 Å². The minimum absolute atomic E-state index is 0.0344. The molecule has 0 radical (unpaired) electrons. The molecule has 4 rings (SSSR count). The molecule has 40 heavy (non-hydrogen) atoms. The number of rotatable bonds is 10. The molecule has 1 saturated heterocycles. The fourth-order valence-electron chi connectivity index (χ4n) is 4.45. The summed E-state index contributed by atoms with van der Waals surface area (Å²) >= 11 is 1.08. The number of thioether (sulfide) groups is 1. The van der Waals surface area contributed by atoms with Crippen LogP contribution in [0.25, 0.3) is 11.3 Å². The van der Waals surface area contributed by atoms with Gasteiger partial charge in [0.25, 0.3) is 5.56 Å². The minimum atomic E-state index is -4.68. The fraction of sp³-hybridized carbons (Fsp3) is 0.429. The molecular formula is C28H31F3N4O4S. The van der Waals surface area contributed by atoms with Crippen LogP contribution in [0.2, 0.25) is 0 Å². The highest BCUT2D eigenvalue weighted by Gasteiger charge is 2.34. The van der Waals surface area contributed by atoms with Crippen molar-refractivity contribution in [1.82, 2.24) is 19.4 Å². The van der Waals surface area contributed by atoms with Gasteiger partial charge >= 0.3 is 6.18 Å². The Morgan fingerprint density at radius 2 is 1.75 bits per heavy atom. The zero-order valence-electron chi connectivity index (χ0n) is 22.4. The number of ether oxygens (including phenoxy) is 2. The molecule has 0 atom stereocenters. The molecule has 1 fully saturated rings. The summed E-state index contributed by atoms with van der Waals surface area (Å²) in [6.45, 7) is 1.69. The number of methoxy groups -OCH3 is 2. The van der Waals surface area contributed by atoms with E-state index in [1.54, 1.807) is 18.2 Å². The van der Waals surface area contributed by atoms with Crippen LogP contribution in [0.15, 0.2) is 52.5 Å². The van der Waals surface area contributed by atoms with Crippen molar-refractivity contribution in [3.8, 4) is 22.8 Å². The smallest absolute Gasteiger partial charge is 0.433 e. The number of nitrogens with zero attached hydrogens (tertiary/aromatic N) is 4. The van der Waals surface area contributed by atoms with E-state index in [2.05, 4.69) is 9.97 Å². The van der Waals surface area contributed by atoms with E-state index in [9.17, 15) is 22.8 Å². The van der Waals surface area contributed by atoms with Gasteiger partial charge in [-0.3, -0.25) is 9.59 Å². The maximum Gasteiger partial charge on any atom is 0.433 e. The number of carbonyl (C=O) groups excluding carboxylic acids is 1. The Labute approximate surface area is 234 Å². The van der Waals surface area contributed by atoms with Gasteiger partial charge in [-0.05, 0) is 55.5 Å². The first kappa shape index (κ1) is 29.4. The number of halogens is 3. The Morgan fingerprint density at radius 1 is 1.00 bits per heavy atom. The number of likely N-dealkylation sites (tertiary alicyclic amines) is 1. The van der Waals surface area contributed by atoms with Gasteiger partial charge in [0.1, 0.15) is 5.69 Å². The van der Waals surface area contributed by atoms with Crippen molar-refractivity contribution >= 4 is 17.7 Å². The molecule has 1 aliphatic rings. The Morgan fingerprint density at radius 3 is 2.45 bits per heavy atom. The molecule has 1 aliphatic heterocycles. The molecule has 0 N–H and O–H groups in total. The van der Waals surface area contributed by atoms with Gasteiger partial charge in [0.05, 0.1) is 26.5 Å². The summed E-state index contributed by atoms with van der Waals surface area (Å²) in [4.78, 5) is 34.9. The second kappa shape index (κ2) is 13.2. The number of carbonyl (C=O) groups is 1. The number of piperidine rings is 1. The molecule has 1 amide bonds. The number of alkyl halides is 3. The molecule has 0 unspecified atom stereocenters. The molecule has 3 heterocycles. The van der Waals surface area contributed by atoms with Crippen LogP contribution in [-0.4, -0.2) is 58.4 Å². The average molecular weight is 577 g/mol. The Balaban J connectivity index is 1.52. The Bertz CT molecular complexity index is 1390. The molecule has 0 saturated carbocycles. The molecule has 8 nitrogen and oxygen atoms in total. The number of benzene rings is 1. The number of aromatic nitrogens is 3. The zero-order chi connectivity index (χ0) is 28.7. The standard InChI is InChI=1S/C28H31F3N4O4S/c1-38-22-10-8-19(15-23(22)39-2)17-35-18-20(9-11-26(35)37)21-16-24(28(29,30)31)33-27(32-21)40-14-6-7-25(36)34-12-4-3-5-13-34/h8-11,15-16,18H,3-7,12-14,17H2,1-2H3. The third-order valence-electron chi connectivity index (χ3n) is 6.55. The highest BCUT2D eigenvalue weighted by molar-refractivity contribution is 7.99. The van der Waals surface area contributed by atoms with E-state index >= 15 is 0 Å². The summed E-state index contributed by atoms with van der Waals surface area (Å²) < 4.78 is 53.1. The van der Waals surface area contributed by atoms with Crippen molar-refractivity contribution < 1.29 is 27.4 Å². The molecule has 1 aromatic carbocycles. The van der Waals surface area contributed by atoms with Crippen molar-refractivity contribution in [3.05, 3.63) is 64.2 Å². The number of pyridine rings is 1. The maximum atomic E-state index is 13.7. The molecule has 12 heteroatoms. The second-order valence-electron chi connectivity index (χ2n) is 9.39. The van der Waals surface area contributed by atoms with Crippen molar-refractivity contribution in [2.45, 2.75) is 50.0 Å². The molecule has 214 valence electrons. The largest absolute Gasteiger partial charge is 0.493 e. The second-order valence-corrected chi connectivity index (χ2v) is 10.4. The molecule has 0 bridgehead atoms. The quantitative estimate of drug-likeness (QED) is 0.185. The predicted molar refractivity (Wildman–Crippen MR) is 146 cm³/mol. The fourth-order valence-corrected chi connectivity index (χ4v) is 5.25. The Kier molecular flexibility index (Phi) is 9.72. The molecular weight excluding hydrogens is 545 g/mol. The van der Waals surface area contributed by atoms with E-state index < -0.39 is 11.9 Å². The zero-order valence-corrected chi connectivity index (χ0v) is 23.2. The molecule has 0 aliphatic carbocycles. The highest BCUT2D eigenvalue weighted by Crippen LogP contribution is 2.32. The lowest BCUT2D eigenvalue weighted by Crippen LogP contribution is -2.35. The first-order chi connectivity index (χ1) is 19.2. The van der Waals surface area contributed by atoms with Crippen LogP contribution in [-0.2, 0) is 17.5 Å². The lowest BCUT2D eigenvalue weighted by atomic mass is 10.1. The van der Waals surface area contributed by atoms with Crippen molar-refractivity contribution in [2.24, 2.45) is 0 Å². The van der Waals surface area contributed by atoms with Gasteiger partial charge in [0.15, 0.2) is 16.7 Å². The summed E-state index contributed by atoms with van der Waals surface area (Å²) in [5, 5.41) is -0.0344. The Hall–Kier alpha value is -3.54. The molecule has 2 aromatic heterocycles. The lowest BCUT2D eigenvalue weighted by Gasteiger charge is -2.26. The number of hydrogen-bond acceptors (Lipinski definition) is 7. The van der Waals surface area contributed by atoms with Crippen LogP contribution >= 0.6 is 11.8 Å². The third kappa shape index (κ3) is 7.56. The summed E-state index contributed by atoms with van der Waals surface area (Å²) in [5.74, 6) is 1.50. The minimum Gasteiger partial charge on any atom is -0.493 e. The van der Waals surface area contributed by atoms with Gasteiger partial charge in [-0.2, -0.15) is 13.2 Å². The van der Waals surface area contributed by atoms with Gasteiger partial charge in [0.2, 0.25) is 5.91 Å². The van der Waals surface area contributed by atoms with Crippen molar-refractivity contribution in [1.29, 1.82) is 0 Å². The maximum absolute atomic E-state index is 13.7. The van der Waals surface area contributed by atoms with E-state index in [4.69, 9.17) is 9.47 Å². The summed E-state index contributed by atoms with van der Waals surface area (Å²) in [6, 6.07) is 8.84. The van der Waals surface area contributed by atoms with Crippen LogP contribution in [0.3, 0.4) is 0 Å². The topological polar surface area (TPSA) is 86.6 Å². The number of hydrogen-bond donors (Lipinski definition) is 0. The summed E-state index contributed by atoms with van der Waals surface area (Å²) in [5.41, 5.74) is -0.255. The first-order valence-corrected chi connectivity index (χ1v) is 13.9. The molecule has 0 spiro atoms. The van der Waals surface area contributed by atoms with Gasteiger partial charge in [-0.25, -0.2) is 9.97 Å². The van der Waals surface area contributed by atoms with E-state index in [1.807, 2.05) is 4.90 Å².